The SMILES string of the molecule is O=c1[nH]c2ccc(C(O)c3cccc(F)c3)cc2[nH]c1=O. The zero-order chi connectivity index (χ0) is 15.0. The summed E-state index contributed by atoms with van der Waals surface area (Å²) in [6.07, 6.45) is -1.03. The molecule has 0 radical (unpaired) electrons. The van der Waals surface area contributed by atoms with Gasteiger partial charge in [0.25, 0.3) is 0 Å². The van der Waals surface area contributed by atoms with Crippen molar-refractivity contribution in [3.8, 4) is 0 Å². The van der Waals surface area contributed by atoms with Crippen LogP contribution in [-0.2, 0) is 0 Å². The standard InChI is InChI=1S/C15H11FN2O3/c16-10-3-1-2-8(6-10)13(19)9-4-5-11-12(7-9)18-15(21)14(20)17-11/h1-7,13,19H,(H,17,20)(H,18,21). The highest BCUT2D eigenvalue weighted by molar-refractivity contribution is 5.74. The Hall–Kier alpha value is -2.73. The fraction of sp³-hybridized carbons (Fsp3) is 0.0667. The van der Waals surface area contributed by atoms with Gasteiger partial charge in [-0.1, -0.05) is 18.2 Å². The van der Waals surface area contributed by atoms with Gasteiger partial charge in [0.05, 0.1) is 11.0 Å². The van der Waals surface area contributed by atoms with Crippen LogP contribution in [-0.4, -0.2) is 15.1 Å². The predicted molar refractivity (Wildman–Crippen MR) is 75.7 cm³/mol. The van der Waals surface area contributed by atoms with Crippen LogP contribution in [0.4, 0.5) is 4.39 Å². The Morgan fingerprint density at radius 2 is 1.57 bits per heavy atom. The lowest BCUT2D eigenvalue weighted by atomic mass is 10.0. The van der Waals surface area contributed by atoms with E-state index < -0.39 is 23.0 Å². The number of aromatic nitrogens is 2. The molecule has 0 saturated heterocycles. The second-order valence-corrected chi connectivity index (χ2v) is 4.67. The molecule has 1 heterocycles. The largest absolute Gasteiger partial charge is 0.384 e. The van der Waals surface area contributed by atoms with Gasteiger partial charge in [0.2, 0.25) is 0 Å². The number of rotatable bonds is 2. The summed E-state index contributed by atoms with van der Waals surface area (Å²) in [6, 6.07) is 10.4. The minimum absolute atomic E-state index is 0.396. The van der Waals surface area contributed by atoms with Crippen molar-refractivity contribution in [3.63, 3.8) is 0 Å². The van der Waals surface area contributed by atoms with Crippen molar-refractivity contribution in [2.45, 2.75) is 6.10 Å². The number of hydrogen-bond donors (Lipinski definition) is 3. The molecule has 0 spiro atoms. The summed E-state index contributed by atoms with van der Waals surface area (Å²) in [5.41, 5.74) is 0.236. The Morgan fingerprint density at radius 1 is 0.905 bits per heavy atom. The van der Waals surface area contributed by atoms with E-state index in [1.165, 1.54) is 18.2 Å². The van der Waals surface area contributed by atoms with Crippen LogP contribution in [0.15, 0.2) is 52.1 Å². The Morgan fingerprint density at radius 3 is 2.29 bits per heavy atom. The fourth-order valence-electron chi connectivity index (χ4n) is 2.17. The van der Waals surface area contributed by atoms with E-state index in [1.807, 2.05) is 0 Å². The van der Waals surface area contributed by atoms with E-state index in [0.717, 1.165) is 0 Å². The third-order valence-electron chi connectivity index (χ3n) is 3.23. The molecular formula is C15H11FN2O3. The van der Waals surface area contributed by atoms with Gasteiger partial charge in [-0.05, 0) is 35.4 Å². The van der Waals surface area contributed by atoms with E-state index in [0.29, 0.717) is 22.2 Å². The smallest absolute Gasteiger partial charge is 0.314 e. The predicted octanol–water partition coefficient (Wildman–Crippen LogP) is 1.44. The van der Waals surface area contributed by atoms with Gasteiger partial charge in [-0.3, -0.25) is 9.59 Å². The van der Waals surface area contributed by atoms with E-state index in [-0.39, 0.29) is 0 Å². The lowest BCUT2D eigenvalue weighted by molar-refractivity contribution is 0.220. The lowest BCUT2D eigenvalue weighted by Crippen LogP contribution is -2.28. The van der Waals surface area contributed by atoms with Crippen molar-refractivity contribution in [2.75, 3.05) is 0 Å². The molecule has 21 heavy (non-hydrogen) atoms. The van der Waals surface area contributed by atoms with Gasteiger partial charge >= 0.3 is 11.1 Å². The molecule has 6 heteroatoms. The van der Waals surface area contributed by atoms with Crippen LogP contribution in [0.25, 0.3) is 11.0 Å². The molecule has 1 atom stereocenters. The van der Waals surface area contributed by atoms with Crippen LogP contribution in [0, 0.1) is 5.82 Å². The van der Waals surface area contributed by atoms with Crippen molar-refractivity contribution < 1.29 is 9.50 Å². The van der Waals surface area contributed by atoms with E-state index >= 15 is 0 Å². The third kappa shape index (κ3) is 2.48. The molecule has 5 nitrogen and oxygen atoms in total. The van der Waals surface area contributed by atoms with Gasteiger partial charge in [-0.25, -0.2) is 4.39 Å². The highest BCUT2D eigenvalue weighted by atomic mass is 19.1. The van der Waals surface area contributed by atoms with E-state index in [4.69, 9.17) is 0 Å². The highest BCUT2D eigenvalue weighted by Gasteiger charge is 2.12. The lowest BCUT2D eigenvalue weighted by Gasteiger charge is -2.12. The van der Waals surface area contributed by atoms with Crippen LogP contribution >= 0.6 is 0 Å². The second-order valence-electron chi connectivity index (χ2n) is 4.67. The van der Waals surface area contributed by atoms with E-state index in [2.05, 4.69) is 9.97 Å². The highest BCUT2D eigenvalue weighted by Crippen LogP contribution is 2.24. The first-order valence-corrected chi connectivity index (χ1v) is 6.24. The van der Waals surface area contributed by atoms with Gasteiger partial charge < -0.3 is 15.1 Å². The summed E-state index contributed by atoms with van der Waals surface area (Å²) in [4.78, 5) is 27.4. The number of aromatic amines is 2. The van der Waals surface area contributed by atoms with Crippen molar-refractivity contribution in [3.05, 3.63) is 80.1 Å². The Labute approximate surface area is 117 Å². The molecule has 0 bridgehead atoms. The van der Waals surface area contributed by atoms with E-state index in [9.17, 15) is 19.1 Å². The fourth-order valence-corrected chi connectivity index (χ4v) is 2.17. The summed E-state index contributed by atoms with van der Waals surface area (Å²) in [6.45, 7) is 0. The minimum atomic E-state index is -1.03. The molecule has 3 rings (SSSR count). The van der Waals surface area contributed by atoms with Crippen molar-refractivity contribution in [1.82, 2.24) is 9.97 Å². The Kier molecular flexibility index (Phi) is 3.15. The van der Waals surface area contributed by atoms with Crippen LogP contribution in [0.3, 0.4) is 0 Å². The van der Waals surface area contributed by atoms with E-state index in [1.54, 1.807) is 24.3 Å². The molecule has 3 N–H and O–H groups in total. The molecule has 0 saturated carbocycles. The number of H-pyrrole nitrogens is 2. The van der Waals surface area contributed by atoms with Crippen LogP contribution in [0.1, 0.15) is 17.2 Å². The number of benzene rings is 2. The number of aliphatic hydroxyl groups is 1. The van der Waals surface area contributed by atoms with Gasteiger partial charge in [0.1, 0.15) is 11.9 Å². The van der Waals surface area contributed by atoms with Crippen molar-refractivity contribution in [2.24, 2.45) is 0 Å². The van der Waals surface area contributed by atoms with Crippen LogP contribution < -0.4 is 11.1 Å². The number of hydrogen-bond acceptors (Lipinski definition) is 3. The van der Waals surface area contributed by atoms with Gasteiger partial charge in [-0.15, -0.1) is 0 Å². The molecule has 0 amide bonds. The zero-order valence-electron chi connectivity index (χ0n) is 10.8. The topological polar surface area (TPSA) is 85.9 Å². The number of nitrogens with one attached hydrogen (secondary N) is 2. The second kappa shape index (κ2) is 4.99. The normalized spacial score (nSPS) is 12.5. The zero-order valence-corrected chi connectivity index (χ0v) is 10.8. The summed E-state index contributed by atoms with van der Waals surface area (Å²) in [7, 11) is 0. The molecular weight excluding hydrogens is 275 g/mol. The summed E-state index contributed by atoms with van der Waals surface area (Å²) in [5, 5.41) is 10.3. The quantitative estimate of drug-likeness (QED) is 0.623. The molecule has 0 aliphatic rings. The number of aliphatic hydroxyl groups excluding tert-OH is 1. The Bertz CT molecular complexity index is 930. The molecule has 0 aliphatic carbocycles. The molecule has 0 fully saturated rings. The van der Waals surface area contributed by atoms with Crippen LogP contribution in [0.5, 0.6) is 0 Å². The number of halogens is 1. The monoisotopic (exact) mass is 286 g/mol. The molecule has 1 unspecified atom stereocenters. The molecule has 1 aromatic heterocycles. The maximum absolute atomic E-state index is 13.2. The van der Waals surface area contributed by atoms with Crippen molar-refractivity contribution >= 4 is 11.0 Å². The summed E-state index contributed by atoms with van der Waals surface area (Å²) >= 11 is 0. The average Bonchev–Trinajstić information content (AvgIpc) is 2.47. The minimum Gasteiger partial charge on any atom is -0.384 e. The average molecular weight is 286 g/mol. The Balaban J connectivity index is 2.10. The first kappa shape index (κ1) is 13.3. The molecule has 3 aromatic rings. The maximum Gasteiger partial charge on any atom is 0.314 e. The van der Waals surface area contributed by atoms with Crippen molar-refractivity contribution in [1.29, 1.82) is 0 Å². The van der Waals surface area contributed by atoms with Crippen LogP contribution in [0.2, 0.25) is 0 Å². The van der Waals surface area contributed by atoms with Gasteiger partial charge in [0, 0.05) is 0 Å². The molecule has 106 valence electrons. The summed E-state index contributed by atoms with van der Waals surface area (Å²) in [5.74, 6) is -0.440. The van der Waals surface area contributed by atoms with Gasteiger partial charge in [-0.2, -0.15) is 0 Å². The molecule has 0 aliphatic heterocycles. The van der Waals surface area contributed by atoms with Gasteiger partial charge in [0.15, 0.2) is 0 Å². The summed E-state index contributed by atoms with van der Waals surface area (Å²) < 4.78 is 13.2. The first-order valence-electron chi connectivity index (χ1n) is 6.24. The number of fused-ring (bicyclic) bond motifs is 1. The first-order chi connectivity index (χ1) is 10.0. The maximum atomic E-state index is 13.2. The molecule has 2 aromatic carbocycles. The third-order valence-corrected chi connectivity index (χ3v) is 3.23.